The van der Waals surface area contributed by atoms with Gasteiger partial charge in [0, 0.05) is 23.2 Å². The van der Waals surface area contributed by atoms with Crippen LogP contribution in [0.5, 0.6) is 5.75 Å². The first kappa shape index (κ1) is 19.1. The number of nitrogens with zero attached hydrogens (tertiary/aromatic N) is 3. The molecule has 0 atom stereocenters. The summed E-state index contributed by atoms with van der Waals surface area (Å²) in [6, 6.07) is 3.36. The van der Waals surface area contributed by atoms with Crippen molar-refractivity contribution in [1.29, 1.82) is 0 Å². The fraction of sp³-hybridized carbons (Fsp3) is 0.444. The second-order valence-electron chi connectivity index (χ2n) is 6.65. The van der Waals surface area contributed by atoms with Crippen LogP contribution in [0.15, 0.2) is 17.5 Å². The highest BCUT2D eigenvalue weighted by molar-refractivity contribution is 7.13. The van der Waals surface area contributed by atoms with Crippen molar-refractivity contribution in [2.75, 3.05) is 18.4 Å². The maximum absolute atomic E-state index is 12.4. The molecule has 1 aliphatic heterocycles. The molecule has 3 heterocycles. The van der Waals surface area contributed by atoms with Gasteiger partial charge in [0.05, 0.1) is 24.9 Å². The molecule has 1 fully saturated rings. The van der Waals surface area contributed by atoms with Crippen LogP contribution in [0.25, 0.3) is 0 Å². The van der Waals surface area contributed by atoms with Gasteiger partial charge >= 0.3 is 6.09 Å². The molecule has 0 aromatic carbocycles. The summed E-state index contributed by atoms with van der Waals surface area (Å²) in [6.45, 7) is 8.18. The fourth-order valence-electron chi connectivity index (χ4n) is 2.52. The maximum Gasteiger partial charge on any atom is 0.410 e. The number of amides is 2. The third kappa shape index (κ3) is 4.94. The van der Waals surface area contributed by atoms with Crippen molar-refractivity contribution in [3.8, 4) is 5.75 Å². The van der Waals surface area contributed by atoms with Crippen molar-refractivity contribution in [2.24, 2.45) is 0 Å². The first-order valence-corrected chi connectivity index (χ1v) is 9.52. The predicted octanol–water partition coefficient (Wildman–Crippen LogP) is 3.02. The van der Waals surface area contributed by atoms with Gasteiger partial charge in [-0.1, -0.05) is 0 Å². The van der Waals surface area contributed by atoms with Crippen LogP contribution in [0.1, 0.15) is 35.7 Å². The lowest BCUT2D eigenvalue weighted by atomic mass is 10.2. The highest BCUT2D eigenvalue weighted by Crippen LogP contribution is 2.22. The molecule has 0 saturated carbocycles. The Bertz CT molecular complexity index is 846. The number of hydrogen-bond donors (Lipinski definition) is 1. The smallest absolute Gasteiger partial charge is 0.410 e. The largest absolute Gasteiger partial charge is 0.487 e. The quantitative estimate of drug-likeness (QED) is 0.843. The van der Waals surface area contributed by atoms with E-state index in [9.17, 15) is 9.59 Å². The third-order valence-electron chi connectivity index (χ3n) is 3.74. The summed E-state index contributed by atoms with van der Waals surface area (Å²) in [4.78, 5) is 34.3. The molecule has 0 bridgehead atoms. The summed E-state index contributed by atoms with van der Waals surface area (Å²) in [5.41, 5.74) is 1.78. The molecule has 0 unspecified atom stereocenters. The van der Waals surface area contributed by atoms with Crippen LogP contribution < -0.4 is 10.1 Å². The lowest BCUT2D eigenvalue weighted by Crippen LogP contribution is -2.56. The molecule has 1 saturated heterocycles. The van der Waals surface area contributed by atoms with Crippen LogP contribution in [0.4, 0.5) is 9.93 Å². The number of anilines is 1. The summed E-state index contributed by atoms with van der Waals surface area (Å²) in [7, 11) is 0. The molecule has 3 rings (SSSR count). The van der Waals surface area contributed by atoms with Crippen molar-refractivity contribution in [3.05, 3.63) is 34.6 Å². The SMILES string of the molecule is Cc1cc(OC2CN(C(=O)OC(C)C)C2)cc(C(=O)Nc2nc(C)cs2)n1. The lowest BCUT2D eigenvalue weighted by molar-refractivity contribution is 0.00156. The monoisotopic (exact) mass is 390 g/mol. The number of carbonyl (C=O) groups excluding carboxylic acids is 2. The van der Waals surface area contributed by atoms with Crippen molar-refractivity contribution in [2.45, 2.75) is 39.9 Å². The zero-order valence-electron chi connectivity index (χ0n) is 15.7. The van der Waals surface area contributed by atoms with Gasteiger partial charge in [0.1, 0.15) is 17.5 Å². The molecular formula is C18H22N4O4S. The summed E-state index contributed by atoms with van der Waals surface area (Å²) in [6.07, 6.45) is -0.624. The molecule has 1 aliphatic rings. The summed E-state index contributed by atoms with van der Waals surface area (Å²) in [5, 5.41) is 5.13. The third-order valence-corrected chi connectivity index (χ3v) is 4.62. The van der Waals surface area contributed by atoms with E-state index >= 15 is 0 Å². The van der Waals surface area contributed by atoms with Gasteiger partial charge in [0.15, 0.2) is 5.13 Å². The summed E-state index contributed by atoms with van der Waals surface area (Å²) < 4.78 is 11.0. The normalized spacial score (nSPS) is 14.0. The second-order valence-corrected chi connectivity index (χ2v) is 7.51. The van der Waals surface area contributed by atoms with E-state index in [4.69, 9.17) is 9.47 Å². The molecule has 2 amide bonds. The van der Waals surface area contributed by atoms with E-state index in [0.717, 1.165) is 5.69 Å². The molecule has 27 heavy (non-hydrogen) atoms. The molecule has 1 N–H and O–H groups in total. The van der Waals surface area contributed by atoms with Gasteiger partial charge in [-0.3, -0.25) is 10.1 Å². The van der Waals surface area contributed by atoms with Crippen LogP contribution in [0.2, 0.25) is 0 Å². The minimum absolute atomic E-state index is 0.135. The topological polar surface area (TPSA) is 93.6 Å². The first-order valence-electron chi connectivity index (χ1n) is 8.64. The zero-order chi connectivity index (χ0) is 19.6. The Kier molecular flexibility index (Phi) is 5.59. The van der Waals surface area contributed by atoms with Crippen LogP contribution in [0, 0.1) is 13.8 Å². The Balaban J connectivity index is 1.59. The Morgan fingerprint density at radius 1 is 1.22 bits per heavy atom. The molecule has 2 aromatic heterocycles. The van der Waals surface area contributed by atoms with Gasteiger partial charge in [-0.05, 0) is 27.7 Å². The van der Waals surface area contributed by atoms with E-state index in [-0.39, 0.29) is 29.9 Å². The van der Waals surface area contributed by atoms with Gasteiger partial charge in [-0.15, -0.1) is 11.3 Å². The van der Waals surface area contributed by atoms with E-state index in [2.05, 4.69) is 15.3 Å². The predicted molar refractivity (Wildman–Crippen MR) is 101 cm³/mol. The molecule has 2 aromatic rings. The van der Waals surface area contributed by atoms with Crippen molar-refractivity contribution in [3.63, 3.8) is 0 Å². The molecule has 9 heteroatoms. The zero-order valence-corrected chi connectivity index (χ0v) is 16.5. The summed E-state index contributed by atoms with van der Waals surface area (Å²) >= 11 is 1.36. The van der Waals surface area contributed by atoms with Crippen LogP contribution in [-0.4, -0.2) is 52.2 Å². The number of aromatic nitrogens is 2. The minimum atomic E-state index is -0.339. The number of pyridine rings is 1. The number of carbonyl (C=O) groups is 2. The number of hydrogen-bond acceptors (Lipinski definition) is 7. The van der Waals surface area contributed by atoms with Crippen LogP contribution in [-0.2, 0) is 4.74 Å². The van der Waals surface area contributed by atoms with E-state index in [1.54, 1.807) is 24.0 Å². The number of rotatable bonds is 5. The molecule has 0 spiro atoms. The average molecular weight is 390 g/mol. The van der Waals surface area contributed by atoms with E-state index in [1.165, 1.54) is 11.3 Å². The number of thiazole rings is 1. The number of likely N-dealkylation sites (tertiary alicyclic amines) is 1. The average Bonchev–Trinajstić information content (AvgIpc) is 2.94. The van der Waals surface area contributed by atoms with Crippen LogP contribution in [0.3, 0.4) is 0 Å². The Hall–Kier alpha value is -2.68. The maximum atomic E-state index is 12.4. The van der Waals surface area contributed by atoms with Gasteiger partial charge < -0.3 is 14.4 Å². The number of ether oxygens (including phenoxy) is 2. The molecule has 8 nitrogen and oxygen atoms in total. The Morgan fingerprint density at radius 2 is 1.96 bits per heavy atom. The highest BCUT2D eigenvalue weighted by atomic mass is 32.1. The molecular weight excluding hydrogens is 368 g/mol. The first-order chi connectivity index (χ1) is 12.8. The highest BCUT2D eigenvalue weighted by Gasteiger charge is 2.34. The fourth-order valence-corrected chi connectivity index (χ4v) is 3.21. The second kappa shape index (κ2) is 7.91. The van der Waals surface area contributed by atoms with Crippen LogP contribution >= 0.6 is 11.3 Å². The van der Waals surface area contributed by atoms with Gasteiger partial charge in [-0.25, -0.2) is 14.8 Å². The number of nitrogens with one attached hydrogen (secondary N) is 1. The van der Waals surface area contributed by atoms with E-state index in [1.807, 2.05) is 26.2 Å². The standard InChI is InChI=1S/C18H22N4O4S/c1-10(2)25-18(24)22-7-14(8-22)26-13-5-11(3)19-15(6-13)16(23)21-17-20-12(4)9-27-17/h5-6,9-10,14H,7-8H2,1-4H3,(H,20,21,23). The van der Waals surface area contributed by atoms with Gasteiger partial charge in [-0.2, -0.15) is 0 Å². The summed E-state index contributed by atoms with van der Waals surface area (Å²) in [5.74, 6) is 0.207. The van der Waals surface area contributed by atoms with Gasteiger partial charge in [0.25, 0.3) is 5.91 Å². The molecule has 0 radical (unpaired) electrons. The van der Waals surface area contributed by atoms with Crippen molar-refractivity contribution < 1.29 is 19.1 Å². The lowest BCUT2D eigenvalue weighted by Gasteiger charge is -2.38. The molecule has 0 aliphatic carbocycles. The number of aryl methyl sites for hydroxylation is 2. The Morgan fingerprint density at radius 3 is 2.59 bits per heavy atom. The van der Waals surface area contributed by atoms with Gasteiger partial charge in [0.2, 0.25) is 0 Å². The molecule has 144 valence electrons. The minimum Gasteiger partial charge on any atom is -0.487 e. The Labute approximate surface area is 161 Å². The van der Waals surface area contributed by atoms with E-state index in [0.29, 0.717) is 29.7 Å². The van der Waals surface area contributed by atoms with Crippen molar-refractivity contribution in [1.82, 2.24) is 14.9 Å². The van der Waals surface area contributed by atoms with E-state index < -0.39 is 0 Å². The van der Waals surface area contributed by atoms with Crippen molar-refractivity contribution >= 4 is 28.5 Å².